The monoisotopic (exact) mass is 178 g/mol. The highest BCUT2D eigenvalue weighted by molar-refractivity contribution is 5.70. The van der Waals surface area contributed by atoms with Gasteiger partial charge in [0.2, 0.25) is 0 Å². The SMILES string of the molecule is Cc1cc(CC(=O)O)cc(C)c1C. The van der Waals surface area contributed by atoms with Crippen LogP contribution in [0.3, 0.4) is 0 Å². The van der Waals surface area contributed by atoms with Gasteiger partial charge in [0, 0.05) is 0 Å². The van der Waals surface area contributed by atoms with E-state index < -0.39 is 5.97 Å². The number of hydrogen-bond acceptors (Lipinski definition) is 1. The summed E-state index contributed by atoms with van der Waals surface area (Å²) in [4.78, 5) is 10.5. The van der Waals surface area contributed by atoms with Crippen molar-refractivity contribution in [2.24, 2.45) is 0 Å². The number of aryl methyl sites for hydroxylation is 2. The summed E-state index contributed by atoms with van der Waals surface area (Å²) in [7, 11) is 0. The predicted octanol–water partition coefficient (Wildman–Crippen LogP) is 2.24. The number of carboxylic acid groups (broad SMARTS) is 1. The van der Waals surface area contributed by atoms with Crippen molar-refractivity contribution < 1.29 is 9.90 Å². The molecule has 0 aliphatic carbocycles. The predicted molar refractivity (Wildman–Crippen MR) is 52.0 cm³/mol. The van der Waals surface area contributed by atoms with E-state index in [9.17, 15) is 4.79 Å². The number of carbonyl (C=O) groups is 1. The molecular formula is C11H14O2. The van der Waals surface area contributed by atoms with Crippen LogP contribution in [0.5, 0.6) is 0 Å². The second kappa shape index (κ2) is 3.60. The van der Waals surface area contributed by atoms with Crippen molar-refractivity contribution in [3.05, 3.63) is 34.4 Å². The van der Waals surface area contributed by atoms with Gasteiger partial charge in [-0.2, -0.15) is 0 Å². The maximum Gasteiger partial charge on any atom is 0.307 e. The van der Waals surface area contributed by atoms with Gasteiger partial charge in [-0.15, -0.1) is 0 Å². The van der Waals surface area contributed by atoms with Crippen LogP contribution in [-0.2, 0) is 11.2 Å². The Morgan fingerprint density at radius 2 is 1.69 bits per heavy atom. The van der Waals surface area contributed by atoms with Gasteiger partial charge in [0.15, 0.2) is 0 Å². The Morgan fingerprint density at radius 1 is 1.23 bits per heavy atom. The lowest BCUT2D eigenvalue weighted by molar-refractivity contribution is -0.136. The summed E-state index contributed by atoms with van der Waals surface area (Å²) in [5, 5.41) is 8.62. The quantitative estimate of drug-likeness (QED) is 0.754. The van der Waals surface area contributed by atoms with Gasteiger partial charge in [0.05, 0.1) is 6.42 Å². The van der Waals surface area contributed by atoms with Crippen LogP contribution in [0.2, 0.25) is 0 Å². The molecule has 2 nitrogen and oxygen atoms in total. The summed E-state index contributed by atoms with van der Waals surface area (Å²) < 4.78 is 0. The average molecular weight is 178 g/mol. The fourth-order valence-electron chi connectivity index (χ4n) is 1.40. The molecule has 0 heterocycles. The Hall–Kier alpha value is -1.31. The van der Waals surface area contributed by atoms with Gasteiger partial charge in [-0.25, -0.2) is 0 Å². The molecule has 0 aromatic heterocycles. The highest BCUT2D eigenvalue weighted by Crippen LogP contribution is 2.15. The lowest BCUT2D eigenvalue weighted by Gasteiger charge is -2.07. The van der Waals surface area contributed by atoms with E-state index in [0.29, 0.717) is 0 Å². The fraction of sp³-hybridized carbons (Fsp3) is 0.364. The Bertz CT molecular complexity index is 317. The Labute approximate surface area is 78.2 Å². The Kier molecular flexibility index (Phi) is 2.71. The van der Waals surface area contributed by atoms with E-state index >= 15 is 0 Å². The zero-order valence-corrected chi connectivity index (χ0v) is 8.22. The summed E-state index contributed by atoms with van der Waals surface area (Å²) in [5.41, 5.74) is 4.45. The standard InChI is InChI=1S/C11H14O2/c1-7-4-10(6-11(12)13)5-8(2)9(7)3/h4-5H,6H2,1-3H3,(H,12,13). The van der Waals surface area contributed by atoms with Crippen LogP contribution in [0.1, 0.15) is 22.3 Å². The molecule has 1 aromatic carbocycles. The molecule has 0 fully saturated rings. The maximum atomic E-state index is 10.5. The van der Waals surface area contributed by atoms with Crippen molar-refractivity contribution in [1.82, 2.24) is 0 Å². The summed E-state index contributed by atoms with van der Waals surface area (Å²) in [5.74, 6) is -0.775. The van der Waals surface area contributed by atoms with Crippen molar-refractivity contribution in [2.45, 2.75) is 27.2 Å². The number of hydrogen-bond donors (Lipinski definition) is 1. The third-order valence-electron chi connectivity index (χ3n) is 2.34. The van der Waals surface area contributed by atoms with Gasteiger partial charge in [-0.3, -0.25) is 4.79 Å². The van der Waals surface area contributed by atoms with Gasteiger partial charge in [-0.05, 0) is 43.0 Å². The van der Waals surface area contributed by atoms with E-state index in [2.05, 4.69) is 6.92 Å². The Morgan fingerprint density at radius 3 is 2.08 bits per heavy atom. The van der Waals surface area contributed by atoms with Crippen molar-refractivity contribution in [3.8, 4) is 0 Å². The molecule has 0 aliphatic heterocycles. The van der Waals surface area contributed by atoms with Crippen LogP contribution in [-0.4, -0.2) is 11.1 Å². The molecule has 1 rings (SSSR count). The van der Waals surface area contributed by atoms with Crippen molar-refractivity contribution >= 4 is 5.97 Å². The maximum absolute atomic E-state index is 10.5. The van der Waals surface area contributed by atoms with Crippen LogP contribution in [0.4, 0.5) is 0 Å². The molecule has 0 spiro atoms. The lowest BCUT2D eigenvalue weighted by atomic mass is 9.99. The molecule has 0 saturated carbocycles. The molecule has 70 valence electrons. The van der Waals surface area contributed by atoms with Crippen LogP contribution >= 0.6 is 0 Å². The minimum atomic E-state index is -0.775. The molecule has 0 radical (unpaired) electrons. The largest absolute Gasteiger partial charge is 0.481 e. The Balaban J connectivity index is 3.06. The van der Waals surface area contributed by atoms with E-state index in [1.54, 1.807) is 0 Å². The molecule has 0 atom stereocenters. The van der Waals surface area contributed by atoms with E-state index in [1.165, 1.54) is 5.56 Å². The second-order valence-corrected chi connectivity index (χ2v) is 3.43. The molecule has 0 unspecified atom stereocenters. The molecule has 2 heteroatoms. The van der Waals surface area contributed by atoms with Crippen molar-refractivity contribution in [1.29, 1.82) is 0 Å². The van der Waals surface area contributed by atoms with Gasteiger partial charge in [0.25, 0.3) is 0 Å². The van der Waals surface area contributed by atoms with E-state index in [0.717, 1.165) is 16.7 Å². The molecule has 0 saturated heterocycles. The number of aliphatic carboxylic acids is 1. The zero-order chi connectivity index (χ0) is 10.0. The van der Waals surface area contributed by atoms with Gasteiger partial charge in [0.1, 0.15) is 0 Å². The minimum Gasteiger partial charge on any atom is -0.481 e. The van der Waals surface area contributed by atoms with Crippen LogP contribution < -0.4 is 0 Å². The molecule has 1 aromatic rings. The normalized spacial score (nSPS) is 10.1. The summed E-state index contributed by atoms with van der Waals surface area (Å²) in [6, 6.07) is 3.88. The highest BCUT2D eigenvalue weighted by atomic mass is 16.4. The lowest BCUT2D eigenvalue weighted by Crippen LogP contribution is -2.01. The van der Waals surface area contributed by atoms with Crippen LogP contribution in [0.25, 0.3) is 0 Å². The molecule has 0 aliphatic rings. The summed E-state index contributed by atoms with van der Waals surface area (Å²) >= 11 is 0. The zero-order valence-electron chi connectivity index (χ0n) is 8.22. The average Bonchev–Trinajstić information content (AvgIpc) is 1.98. The number of rotatable bonds is 2. The van der Waals surface area contributed by atoms with Crippen molar-refractivity contribution in [2.75, 3.05) is 0 Å². The van der Waals surface area contributed by atoms with Crippen molar-refractivity contribution in [3.63, 3.8) is 0 Å². The first kappa shape index (κ1) is 9.78. The molecule has 0 bridgehead atoms. The number of benzene rings is 1. The minimum absolute atomic E-state index is 0.113. The third-order valence-corrected chi connectivity index (χ3v) is 2.34. The first-order chi connectivity index (χ1) is 6.00. The summed E-state index contributed by atoms with van der Waals surface area (Å²) in [6.07, 6.45) is 0.113. The molecule has 1 N–H and O–H groups in total. The van der Waals surface area contributed by atoms with Gasteiger partial charge >= 0.3 is 5.97 Å². The van der Waals surface area contributed by atoms with Crippen LogP contribution in [0.15, 0.2) is 12.1 Å². The first-order valence-electron chi connectivity index (χ1n) is 4.29. The fourth-order valence-corrected chi connectivity index (χ4v) is 1.40. The first-order valence-corrected chi connectivity index (χ1v) is 4.29. The second-order valence-electron chi connectivity index (χ2n) is 3.43. The topological polar surface area (TPSA) is 37.3 Å². The van der Waals surface area contributed by atoms with Crippen LogP contribution in [0, 0.1) is 20.8 Å². The third kappa shape index (κ3) is 2.31. The van der Waals surface area contributed by atoms with Gasteiger partial charge < -0.3 is 5.11 Å². The molecule has 0 amide bonds. The van der Waals surface area contributed by atoms with E-state index in [-0.39, 0.29) is 6.42 Å². The molecular weight excluding hydrogens is 164 g/mol. The van der Waals surface area contributed by atoms with E-state index in [1.807, 2.05) is 26.0 Å². The number of carboxylic acids is 1. The van der Waals surface area contributed by atoms with E-state index in [4.69, 9.17) is 5.11 Å². The smallest absolute Gasteiger partial charge is 0.307 e. The molecule has 13 heavy (non-hydrogen) atoms. The summed E-state index contributed by atoms with van der Waals surface area (Å²) in [6.45, 7) is 6.07. The van der Waals surface area contributed by atoms with Gasteiger partial charge in [-0.1, -0.05) is 12.1 Å². The highest BCUT2D eigenvalue weighted by Gasteiger charge is 2.04.